The second kappa shape index (κ2) is 6.36. The van der Waals surface area contributed by atoms with Gasteiger partial charge in [-0.1, -0.05) is 12.1 Å². The number of carboxylic acids is 1. The molecule has 0 spiro atoms. The van der Waals surface area contributed by atoms with Crippen LogP contribution in [0.5, 0.6) is 0 Å². The highest BCUT2D eigenvalue weighted by molar-refractivity contribution is 5.89. The third kappa shape index (κ3) is 2.53. The number of rotatable bonds is 3. The first-order valence-electron chi connectivity index (χ1n) is 9.89. The third-order valence-corrected chi connectivity index (χ3v) is 7.03. The molecule has 5 atom stereocenters. The van der Waals surface area contributed by atoms with E-state index in [1.807, 2.05) is 36.4 Å². The third-order valence-electron chi connectivity index (χ3n) is 7.03. The molecule has 28 heavy (non-hydrogen) atoms. The average Bonchev–Trinajstić information content (AvgIpc) is 3.35. The Morgan fingerprint density at radius 2 is 1.75 bits per heavy atom. The zero-order valence-corrected chi connectivity index (χ0v) is 15.7. The number of benzene rings is 2. The lowest BCUT2D eigenvalue weighted by Gasteiger charge is -2.43. The zero-order chi connectivity index (χ0) is 19.4. The molecule has 0 amide bonds. The summed E-state index contributed by atoms with van der Waals surface area (Å²) in [4.78, 5) is 23.2. The Morgan fingerprint density at radius 1 is 1.04 bits per heavy atom. The number of ether oxygens (including phenoxy) is 1. The van der Waals surface area contributed by atoms with E-state index < -0.39 is 5.97 Å². The molecular weight excluding hydrogens is 354 g/mol. The Bertz CT molecular complexity index is 952. The number of hydrogen-bond acceptors (Lipinski definition) is 4. The molecule has 2 N–H and O–H groups in total. The van der Waals surface area contributed by atoms with Crippen LogP contribution in [0.2, 0.25) is 0 Å². The average molecular weight is 377 g/mol. The first kappa shape index (κ1) is 17.3. The minimum Gasteiger partial charge on any atom is -0.478 e. The minimum absolute atomic E-state index is 0.176. The number of methoxy groups -OCH3 is 1. The standard InChI is InChI=1S/C23H23NO4/c1-28-23(27)13-4-2-12(3-5-13)21-20-15-7-6-14(10-15)19(20)17-11-16(22(25)26)8-9-18(17)24-21/h2-5,8-9,11,14-15,19-21,24H,6-7,10H2,1H3,(H,25,26). The molecule has 5 heteroatoms. The maximum Gasteiger partial charge on any atom is 0.337 e. The smallest absolute Gasteiger partial charge is 0.337 e. The number of aromatic carboxylic acids is 1. The second-order valence-electron chi connectivity index (χ2n) is 8.28. The van der Waals surface area contributed by atoms with Gasteiger partial charge in [-0.05, 0) is 84.4 Å². The first-order valence-corrected chi connectivity index (χ1v) is 9.89. The fourth-order valence-electron chi connectivity index (χ4n) is 5.89. The summed E-state index contributed by atoms with van der Waals surface area (Å²) in [7, 11) is 1.39. The zero-order valence-electron chi connectivity index (χ0n) is 15.7. The van der Waals surface area contributed by atoms with Crippen molar-refractivity contribution in [2.45, 2.75) is 31.2 Å². The van der Waals surface area contributed by atoms with E-state index in [0.29, 0.717) is 34.8 Å². The molecule has 2 fully saturated rings. The Hall–Kier alpha value is -2.82. The van der Waals surface area contributed by atoms with Crippen LogP contribution in [-0.4, -0.2) is 24.2 Å². The molecule has 5 nitrogen and oxygen atoms in total. The number of nitrogens with one attached hydrogen (secondary N) is 1. The van der Waals surface area contributed by atoms with Crippen molar-refractivity contribution in [3.63, 3.8) is 0 Å². The van der Waals surface area contributed by atoms with Crippen molar-refractivity contribution < 1.29 is 19.4 Å². The molecule has 0 radical (unpaired) electrons. The summed E-state index contributed by atoms with van der Waals surface area (Å²) in [5, 5.41) is 13.1. The largest absolute Gasteiger partial charge is 0.478 e. The van der Waals surface area contributed by atoms with Gasteiger partial charge in [0.1, 0.15) is 0 Å². The molecule has 2 aromatic rings. The Balaban J connectivity index is 1.55. The molecule has 2 aromatic carbocycles. The number of hydrogen-bond donors (Lipinski definition) is 2. The van der Waals surface area contributed by atoms with E-state index in [0.717, 1.165) is 5.69 Å². The quantitative estimate of drug-likeness (QED) is 0.772. The molecule has 0 saturated heterocycles. The fourth-order valence-corrected chi connectivity index (χ4v) is 5.89. The van der Waals surface area contributed by atoms with Crippen molar-refractivity contribution in [3.05, 3.63) is 64.7 Å². The number of carbonyl (C=O) groups excluding carboxylic acids is 1. The van der Waals surface area contributed by atoms with Crippen LogP contribution < -0.4 is 5.32 Å². The molecule has 144 valence electrons. The van der Waals surface area contributed by atoms with Gasteiger partial charge in [0.05, 0.1) is 24.3 Å². The normalized spacial score (nSPS) is 29.5. The molecule has 0 aromatic heterocycles. The first-order chi connectivity index (χ1) is 13.6. The number of anilines is 1. The SMILES string of the molecule is COC(=O)c1ccc(C2Nc3ccc(C(=O)O)cc3C3C4CCC(C4)C23)cc1. The number of carbonyl (C=O) groups is 2. The van der Waals surface area contributed by atoms with Crippen molar-refractivity contribution >= 4 is 17.6 Å². The van der Waals surface area contributed by atoms with Crippen molar-refractivity contribution in [1.29, 1.82) is 0 Å². The predicted molar refractivity (Wildman–Crippen MR) is 105 cm³/mol. The highest BCUT2D eigenvalue weighted by Crippen LogP contribution is 2.63. The van der Waals surface area contributed by atoms with Gasteiger partial charge in [-0.2, -0.15) is 0 Å². The molecule has 2 aliphatic carbocycles. The summed E-state index contributed by atoms with van der Waals surface area (Å²) in [6.07, 6.45) is 3.71. The van der Waals surface area contributed by atoms with Gasteiger partial charge < -0.3 is 15.2 Å². The van der Waals surface area contributed by atoms with Crippen LogP contribution in [-0.2, 0) is 4.74 Å². The van der Waals surface area contributed by atoms with Crippen LogP contribution in [0.15, 0.2) is 42.5 Å². The van der Waals surface area contributed by atoms with Crippen LogP contribution in [0.4, 0.5) is 5.69 Å². The topological polar surface area (TPSA) is 75.6 Å². The Labute approximate surface area is 163 Å². The second-order valence-corrected chi connectivity index (χ2v) is 8.28. The van der Waals surface area contributed by atoms with Crippen LogP contribution in [0.3, 0.4) is 0 Å². The maximum absolute atomic E-state index is 11.8. The molecule has 1 aliphatic heterocycles. The highest BCUT2D eigenvalue weighted by atomic mass is 16.5. The predicted octanol–water partition coefficient (Wildman–Crippen LogP) is 4.47. The lowest BCUT2D eigenvalue weighted by atomic mass is 9.68. The molecule has 5 unspecified atom stereocenters. The summed E-state index contributed by atoms with van der Waals surface area (Å²) in [5.74, 6) is 0.959. The van der Waals surface area contributed by atoms with Gasteiger partial charge in [-0.15, -0.1) is 0 Å². The monoisotopic (exact) mass is 377 g/mol. The summed E-state index contributed by atoms with van der Waals surface area (Å²) in [6.45, 7) is 0. The van der Waals surface area contributed by atoms with Gasteiger partial charge in [-0.25, -0.2) is 9.59 Å². The van der Waals surface area contributed by atoms with Gasteiger partial charge in [-0.3, -0.25) is 0 Å². The number of carboxylic acid groups (broad SMARTS) is 1. The van der Waals surface area contributed by atoms with Gasteiger partial charge in [0, 0.05) is 5.69 Å². The van der Waals surface area contributed by atoms with Gasteiger partial charge in [0.2, 0.25) is 0 Å². The molecule has 1 heterocycles. The van der Waals surface area contributed by atoms with Crippen molar-refractivity contribution in [2.24, 2.45) is 17.8 Å². The van der Waals surface area contributed by atoms with Crippen LogP contribution in [0.1, 0.15) is 63.1 Å². The fraction of sp³-hybridized carbons (Fsp3) is 0.391. The lowest BCUT2D eigenvalue weighted by Crippen LogP contribution is -2.35. The van der Waals surface area contributed by atoms with Crippen LogP contribution in [0, 0.1) is 17.8 Å². The Morgan fingerprint density at radius 3 is 2.46 bits per heavy atom. The van der Waals surface area contributed by atoms with Crippen LogP contribution in [0.25, 0.3) is 0 Å². The maximum atomic E-state index is 11.8. The van der Waals surface area contributed by atoms with Crippen molar-refractivity contribution in [1.82, 2.24) is 0 Å². The number of fused-ring (bicyclic) bond motifs is 7. The molecular formula is C23H23NO4. The number of esters is 1. The van der Waals surface area contributed by atoms with Crippen molar-refractivity contribution in [2.75, 3.05) is 12.4 Å². The Kier molecular flexibility index (Phi) is 3.93. The molecule has 2 saturated carbocycles. The van der Waals surface area contributed by atoms with E-state index in [1.165, 1.54) is 37.5 Å². The van der Waals surface area contributed by atoms with Gasteiger partial charge in [0.25, 0.3) is 0 Å². The summed E-state index contributed by atoms with van der Waals surface area (Å²) < 4.78 is 4.81. The van der Waals surface area contributed by atoms with E-state index in [4.69, 9.17) is 4.74 Å². The summed E-state index contributed by atoms with van der Waals surface area (Å²) >= 11 is 0. The molecule has 2 bridgehead atoms. The summed E-state index contributed by atoms with van der Waals surface area (Å²) in [5.41, 5.74) is 4.30. The van der Waals surface area contributed by atoms with E-state index in [9.17, 15) is 14.7 Å². The van der Waals surface area contributed by atoms with Crippen molar-refractivity contribution in [3.8, 4) is 0 Å². The van der Waals surface area contributed by atoms with E-state index >= 15 is 0 Å². The van der Waals surface area contributed by atoms with Gasteiger partial charge in [0.15, 0.2) is 0 Å². The van der Waals surface area contributed by atoms with E-state index in [1.54, 1.807) is 6.07 Å². The lowest BCUT2D eigenvalue weighted by molar-refractivity contribution is 0.0599. The summed E-state index contributed by atoms with van der Waals surface area (Å²) in [6, 6.07) is 13.3. The van der Waals surface area contributed by atoms with Gasteiger partial charge >= 0.3 is 11.9 Å². The van der Waals surface area contributed by atoms with E-state index in [-0.39, 0.29) is 12.0 Å². The highest BCUT2D eigenvalue weighted by Gasteiger charge is 2.53. The van der Waals surface area contributed by atoms with Crippen LogP contribution >= 0.6 is 0 Å². The minimum atomic E-state index is -0.872. The van der Waals surface area contributed by atoms with E-state index in [2.05, 4.69) is 5.32 Å². The molecule has 5 rings (SSSR count). The molecule has 3 aliphatic rings.